The van der Waals surface area contributed by atoms with Gasteiger partial charge in [0.15, 0.2) is 0 Å². The number of aromatic nitrogens is 2. The number of nitrogens with zero attached hydrogens (tertiary/aromatic N) is 4. The van der Waals surface area contributed by atoms with E-state index in [0.717, 1.165) is 28.3 Å². The Bertz CT molecular complexity index is 1110. The maximum absolute atomic E-state index is 13.0. The van der Waals surface area contributed by atoms with Crippen molar-refractivity contribution in [3.63, 3.8) is 0 Å². The third-order valence-electron chi connectivity index (χ3n) is 4.98. The summed E-state index contributed by atoms with van der Waals surface area (Å²) in [7, 11) is 0. The van der Waals surface area contributed by atoms with Gasteiger partial charge in [0.1, 0.15) is 0 Å². The molecule has 1 aliphatic rings. The predicted octanol–water partition coefficient (Wildman–Crippen LogP) is 4.60. The van der Waals surface area contributed by atoms with E-state index in [0.29, 0.717) is 11.3 Å². The molecule has 1 aromatic heterocycles. The summed E-state index contributed by atoms with van der Waals surface area (Å²) in [5.74, 6) is -0.120. The highest BCUT2D eigenvalue weighted by molar-refractivity contribution is 6.32. The molecule has 0 saturated carbocycles. The Morgan fingerprint density at radius 1 is 0.857 bits per heavy atom. The fourth-order valence-electron chi connectivity index (χ4n) is 3.37. The summed E-state index contributed by atoms with van der Waals surface area (Å²) in [6, 6.07) is 17.7. The van der Waals surface area contributed by atoms with Gasteiger partial charge in [-0.25, -0.2) is 4.68 Å². The summed E-state index contributed by atoms with van der Waals surface area (Å²) in [5, 5.41) is 10.6. The fraction of sp³-hybridized carbons (Fsp3) is 0.174. The van der Waals surface area contributed by atoms with Gasteiger partial charge in [-0.15, -0.1) is 0 Å². The molecule has 2 aromatic carbocycles. The molecule has 5 heteroatoms. The average molecular weight is 370 g/mol. The molecule has 1 amide bonds. The number of aryl methyl sites for hydroxylation is 2. The molecule has 1 aliphatic heterocycles. The number of hydrogen-bond donors (Lipinski definition) is 0. The van der Waals surface area contributed by atoms with Gasteiger partial charge in [0, 0.05) is 11.3 Å². The Morgan fingerprint density at radius 2 is 1.54 bits per heavy atom. The second kappa shape index (κ2) is 6.93. The van der Waals surface area contributed by atoms with Gasteiger partial charge in [0.25, 0.3) is 5.91 Å². The van der Waals surface area contributed by atoms with Crippen LogP contribution in [0.1, 0.15) is 29.4 Å². The molecule has 0 fully saturated rings. The van der Waals surface area contributed by atoms with Gasteiger partial charge in [0.05, 0.1) is 28.4 Å². The molecule has 0 bridgehead atoms. The van der Waals surface area contributed by atoms with E-state index in [-0.39, 0.29) is 5.91 Å². The van der Waals surface area contributed by atoms with E-state index in [9.17, 15) is 4.79 Å². The number of carbonyl (C=O) groups excluding carboxylic acids is 1. The lowest BCUT2D eigenvalue weighted by Gasteiger charge is -2.11. The molecule has 0 atom stereocenters. The lowest BCUT2D eigenvalue weighted by atomic mass is 10.1. The largest absolute Gasteiger partial charge is 0.280 e. The van der Waals surface area contributed by atoms with Crippen LogP contribution < -0.4 is 5.01 Å². The van der Waals surface area contributed by atoms with E-state index >= 15 is 0 Å². The smallest absolute Gasteiger partial charge is 0.267 e. The van der Waals surface area contributed by atoms with E-state index in [4.69, 9.17) is 0 Å². The summed E-state index contributed by atoms with van der Waals surface area (Å²) < 4.78 is 1.92. The van der Waals surface area contributed by atoms with Crippen LogP contribution in [0.5, 0.6) is 0 Å². The van der Waals surface area contributed by atoms with Crippen molar-refractivity contribution in [2.75, 3.05) is 5.01 Å². The van der Waals surface area contributed by atoms with Crippen LogP contribution in [0.25, 0.3) is 11.8 Å². The lowest BCUT2D eigenvalue weighted by molar-refractivity contribution is -0.114. The first-order chi connectivity index (χ1) is 13.5. The number of benzene rings is 2. The minimum atomic E-state index is -0.120. The highest BCUT2D eigenvalue weighted by Gasteiger charge is 2.29. The summed E-state index contributed by atoms with van der Waals surface area (Å²) in [6.45, 7) is 7.91. The second-order valence-corrected chi connectivity index (χ2v) is 7.03. The number of rotatable bonds is 3. The molecule has 4 rings (SSSR count). The Hall–Kier alpha value is -3.47. The number of carbonyl (C=O) groups is 1. The van der Waals surface area contributed by atoms with Crippen molar-refractivity contribution in [3.8, 4) is 5.69 Å². The quantitative estimate of drug-likeness (QED) is 0.633. The molecule has 0 saturated heterocycles. The van der Waals surface area contributed by atoms with E-state index < -0.39 is 0 Å². The molecule has 3 aromatic rings. The highest BCUT2D eigenvalue weighted by atomic mass is 16.2. The van der Waals surface area contributed by atoms with Crippen LogP contribution in [0, 0.1) is 20.8 Å². The summed E-state index contributed by atoms with van der Waals surface area (Å²) >= 11 is 0. The van der Waals surface area contributed by atoms with Crippen molar-refractivity contribution in [1.29, 1.82) is 0 Å². The molecule has 0 aliphatic carbocycles. The molecule has 28 heavy (non-hydrogen) atoms. The lowest BCUT2D eigenvalue weighted by Crippen LogP contribution is -2.21. The summed E-state index contributed by atoms with van der Waals surface area (Å²) in [6.07, 6.45) is 1.91. The first-order valence-electron chi connectivity index (χ1n) is 9.26. The van der Waals surface area contributed by atoms with Gasteiger partial charge >= 0.3 is 0 Å². The summed E-state index contributed by atoms with van der Waals surface area (Å²) in [5.41, 5.74) is 7.10. The van der Waals surface area contributed by atoms with Gasteiger partial charge in [-0.1, -0.05) is 35.9 Å². The monoisotopic (exact) mass is 370 g/mol. The minimum absolute atomic E-state index is 0.120. The van der Waals surface area contributed by atoms with Crippen LogP contribution in [0.15, 0.2) is 65.3 Å². The molecule has 0 unspecified atom stereocenters. The van der Waals surface area contributed by atoms with Gasteiger partial charge < -0.3 is 0 Å². The predicted molar refractivity (Wildman–Crippen MR) is 113 cm³/mol. The maximum Gasteiger partial charge on any atom is 0.280 e. The average Bonchev–Trinajstić information content (AvgIpc) is 3.14. The van der Waals surface area contributed by atoms with Crippen molar-refractivity contribution < 1.29 is 4.79 Å². The Balaban J connectivity index is 1.73. The molecule has 0 radical (unpaired) electrons. The van der Waals surface area contributed by atoms with Crippen molar-refractivity contribution in [3.05, 3.63) is 82.7 Å². The van der Waals surface area contributed by atoms with Gasteiger partial charge in [0.2, 0.25) is 0 Å². The number of anilines is 1. The number of para-hydroxylation sites is 1. The maximum atomic E-state index is 13.0. The van der Waals surface area contributed by atoms with Crippen LogP contribution >= 0.6 is 0 Å². The van der Waals surface area contributed by atoms with Crippen LogP contribution in [0.2, 0.25) is 0 Å². The highest BCUT2D eigenvalue weighted by Crippen LogP contribution is 2.27. The molecule has 5 nitrogen and oxygen atoms in total. The number of hydrazone groups is 1. The van der Waals surface area contributed by atoms with Crippen molar-refractivity contribution in [2.45, 2.75) is 27.7 Å². The zero-order chi connectivity index (χ0) is 19.8. The first-order valence-corrected chi connectivity index (χ1v) is 9.26. The van der Waals surface area contributed by atoms with E-state index in [1.165, 1.54) is 10.6 Å². The third kappa shape index (κ3) is 3.05. The fourth-order valence-corrected chi connectivity index (χ4v) is 3.37. The topological polar surface area (TPSA) is 50.5 Å². The van der Waals surface area contributed by atoms with Crippen molar-refractivity contribution >= 4 is 23.4 Å². The standard InChI is InChI=1S/C23H22N4O/c1-15-10-12-20(13-11-15)26-18(4)21(16(2)24-26)14-22-17(3)25-27(23(22)28)19-8-6-5-7-9-19/h5-14H,1-4H3/b22-14-. The van der Waals surface area contributed by atoms with Gasteiger partial charge in [-0.3, -0.25) is 4.79 Å². The SMILES string of the molecule is CC1=NN(c2ccccc2)C(=O)/C1=C\c1c(C)nn(-c2ccc(C)cc2)c1C. The van der Waals surface area contributed by atoms with E-state index in [1.54, 1.807) is 0 Å². The van der Waals surface area contributed by atoms with Crippen LogP contribution in [-0.2, 0) is 4.79 Å². The Morgan fingerprint density at radius 3 is 2.21 bits per heavy atom. The Labute approximate surface area is 164 Å². The normalized spacial score (nSPS) is 15.4. The van der Waals surface area contributed by atoms with Gasteiger partial charge in [-0.2, -0.15) is 15.2 Å². The first kappa shape index (κ1) is 17.9. The molecular weight excluding hydrogens is 348 g/mol. The van der Waals surface area contributed by atoms with Gasteiger partial charge in [-0.05, 0) is 58.0 Å². The molecule has 0 spiro atoms. The summed E-state index contributed by atoms with van der Waals surface area (Å²) in [4.78, 5) is 13.0. The number of amides is 1. The van der Waals surface area contributed by atoms with E-state index in [2.05, 4.69) is 41.4 Å². The third-order valence-corrected chi connectivity index (χ3v) is 4.98. The molecule has 2 heterocycles. The number of hydrogen-bond acceptors (Lipinski definition) is 3. The molecule has 0 N–H and O–H groups in total. The molecule has 140 valence electrons. The second-order valence-electron chi connectivity index (χ2n) is 7.03. The zero-order valence-electron chi connectivity index (χ0n) is 16.5. The van der Waals surface area contributed by atoms with E-state index in [1.807, 2.05) is 61.9 Å². The Kier molecular flexibility index (Phi) is 4.43. The minimum Gasteiger partial charge on any atom is -0.267 e. The van der Waals surface area contributed by atoms with Crippen molar-refractivity contribution in [2.24, 2.45) is 5.10 Å². The van der Waals surface area contributed by atoms with Crippen LogP contribution in [-0.4, -0.2) is 21.4 Å². The molecular formula is C23H22N4O. The zero-order valence-corrected chi connectivity index (χ0v) is 16.5. The van der Waals surface area contributed by atoms with Crippen LogP contribution in [0.3, 0.4) is 0 Å². The van der Waals surface area contributed by atoms with Crippen LogP contribution in [0.4, 0.5) is 5.69 Å². The van der Waals surface area contributed by atoms with Crippen molar-refractivity contribution in [1.82, 2.24) is 9.78 Å².